The summed E-state index contributed by atoms with van der Waals surface area (Å²) in [6, 6.07) is 6.66. The van der Waals surface area contributed by atoms with E-state index in [1.54, 1.807) is 24.3 Å². The molecule has 0 aromatic heterocycles. The van der Waals surface area contributed by atoms with E-state index in [2.05, 4.69) is 5.32 Å². The molecule has 1 amide bonds. The van der Waals surface area contributed by atoms with Crippen molar-refractivity contribution in [2.75, 3.05) is 6.26 Å². The van der Waals surface area contributed by atoms with Crippen LogP contribution in [-0.2, 0) is 21.2 Å². The highest BCUT2D eigenvalue weighted by Gasteiger charge is 2.20. The van der Waals surface area contributed by atoms with E-state index in [0.29, 0.717) is 11.4 Å². The first-order valence-electron chi connectivity index (χ1n) is 7.03. The molecule has 4 nitrogen and oxygen atoms in total. The second kappa shape index (κ2) is 6.39. The van der Waals surface area contributed by atoms with Crippen LogP contribution in [0.4, 0.5) is 0 Å². The van der Waals surface area contributed by atoms with Gasteiger partial charge in [0.15, 0.2) is 9.84 Å². The van der Waals surface area contributed by atoms with Gasteiger partial charge in [0.2, 0.25) is 5.91 Å². The fraction of sp³-hybridized carbons (Fsp3) is 0.533. The van der Waals surface area contributed by atoms with Crippen LogP contribution in [-0.4, -0.2) is 20.6 Å². The van der Waals surface area contributed by atoms with Crippen molar-refractivity contribution < 1.29 is 13.2 Å². The largest absolute Gasteiger partial charge is 0.352 e. The molecule has 1 aliphatic carbocycles. The highest BCUT2D eigenvalue weighted by molar-refractivity contribution is 7.90. The molecule has 0 bridgehead atoms. The van der Waals surface area contributed by atoms with Crippen molar-refractivity contribution in [1.82, 2.24) is 5.32 Å². The molecule has 1 N–H and O–H groups in total. The van der Waals surface area contributed by atoms with Crippen molar-refractivity contribution in [3.05, 3.63) is 29.8 Å². The standard InChI is InChI=1S/C15H21NO3S/c1-20(18,19)14-9-7-12(8-10-14)11-16-15(17)13-5-3-2-4-6-13/h7-10,13H,2-6,11H2,1H3,(H,16,17). The molecule has 1 fully saturated rings. The Balaban J connectivity index is 1.89. The van der Waals surface area contributed by atoms with E-state index in [4.69, 9.17) is 0 Å². The maximum atomic E-state index is 12.0. The minimum atomic E-state index is -3.16. The van der Waals surface area contributed by atoms with Gasteiger partial charge in [-0.2, -0.15) is 0 Å². The molecule has 1 aromatic rings. The molecular weight excluding hydrogens is 274 g/mol. The molecule has 0 unspecified atom stereocenters. The lowest BCUT2D eigenvalue weighted by Gasteiger charge is -2.20. The minimum absolute atomic E-state index is 0.122. The highest BCUT2D eigenvalue weighted by Crippen LogP contribution is 2.23. The first-order valence-corrected chi connectivity index (χ1v) is 8.92. The molecule has 1 saturated carbocycles. The Bertz CT molecular complexity index is 557. The summed E-state index contributed by atoms with van der Waals surface area (Å²) in [6.07, 6.45) is 6.67. The number of benzene rings is 1. The van der Waals surface area contributed by atoms with Gasteiger partial charge in [0, 0.05) is 18.7 Å². The maximum absolute atomic E-state index is 12.0. The fourth-order valence-electron chi connectivity index (χ4n) is 2.55. The molecular formula is C15H21NO3S. The Labute approximate surface area is 120 Å². The number of amides is 1. The topological polar surface area (TPSA) is 63.2 Å². The predicted molar refractivity (Wildman–Crippen MR) is 78.0 cm³/mol. The van der Waals surface area contributed by atoms with E-state index in [1.165, 1.54) is 12.7 Å². The zero-order valence-corrected chi connectivity index (χ0v) is 12.6. The van der Waals surface area contributed by atoms with Crippen LogP contribution in [0.2, 0.25) is 0 Å². The molecule has 0 heterocycles. The maximum Gasteiger partial charge on any atom is 0.223 e. The van der Waals surface area contributed by atoms with Crippen LogP contribution in [0.3, 0.4) is 0 Å². The Morgan fingerprint density at radius 3 is 2.30 bits per heavy atom. The number of carbonyl (C=O) groups is 1. The van der Waals surface area contributed by atoms with Crippen LogP contribution in [0.1, 0.15) is 37.7 Å². The minimum Gasteiger partial charge on any atom is -0.352 e. The lowest BCUT2D eigenvalue weighted by atomic mass is 9.88. The summed E-state index contributed by atoms with van der Waals surface area (Å²) in [7, 11) is -3.16. The van der Waals surface area contributed by atoms with E-state index in [0.717, 1.165) is 31.2 Å². The predicted octanol–water partition coefficient (Wildman–Crippen LogP) is 2.29. The molecule has 0 atom stereocenters. The van der Waals surface area contributed by atoms with E-state index in [9.17, 15) is 13.2 Å². The number of hydrogen-bond acceptors (Lipinski definition) is 3. The van der Waals surface area contributed by atoms with Crippen LogP contribution in [0.5, 0.6) is 0 Å². The van der Waals surface area contributed by atoms with Gasteiger partial charge in [-0.3, -0.25) is 4.79 Å². The van der Waals surface area contributed by atoms with Crippen LogP contribution in [0.25, 0.3) is 0 Å². The summed E-state index contributed by atoms with van der Waals surface area (Å²) in [5.41, 5.74) is 0.918. The van der Waals surface area contributed by atoms with Crippen LogP contribution >= 0.6 is 0 Å². The smallest absolute Gasteiger partial charge is 0.223 e. The molecule has 2 rings (SSSR count). The van der Waals surface area contributed by atoms with E-state index >= 15 is 0 Å². The molecule has 20 heavy (non-hydrogen) atoms. The van der Waals surface area contributed by atoms with Gasteiger partial charge in [-0.05, 0) is 30.5 Å². The summed E-state index contributed by atoms with van der Waals surface area (Å²) in [5.74, 6) is 0.274. The molecule has 0 spiro atoms. The normalized spacial score (nSPS) is 16.9. The zero-order chi connectivity index (χ0) is 14.6. The second-order valence-electron chi connectivity index (χ2n) is 5.47. The average Bonchev–Trinajstić information content (AvgIpc) is 2.45. The van der Waals surface area contributed by atoms with Crippen molar-refractivity contribution in [3.63, 3.8) is 0 Å². The number of nitrogens with one attached hydrogen (secondary N) is 1. The number of carbonyl (C=O) groups excluding carboxylic acids is 1. The zero-order valence-electron chi connectivity index (χ0n) is 11.8. The third kappa shape index (κ3) is 4.07. The highest BCUT2D eigenvalue weighted by atomic mass is 32.2. The summed E-state index contributed by atoms with van der Waals surface area (Å²) in [6.45, 7) is 0.458. The van der Waals surface area contributed by atoms with Gasteiger partial charge in [-0.1, -0.05) is 31.4 Å². The second-order valence-corrected chi connectivity index (χ2v) is 7.48. The third-order valence-corrected chi connectivity index (χ3v) is 4.92. The molecule has 0 saturated heterocycles. The number of hydrogen-bond donors (Lipinski definition) is 1. The Hall–Kier alpha value is -1.36. The van der Waals surface area contributed by atoms with Crippen LogP contribution in [0, 0.1) is 5.92 Å². The molecule has 1 aliphatic rings. The Morgan fingerprint density at radius 2 is 1.75 bits per heavy atom. The lowest BCUT2D eigenvalue weighted by Crippen LogP contribution is -2.31. The molecule has 0 aliphatic heterocycles. The van der Waals surface area contributed by atoms with Crippen molar-refractivity contribution in [2.24, 2.45) is 5.92 Å². The van der Waals surface area contributed by atoms with E-state index in [1.807, 2.05) is 0 Å². The van der Waals surface area contributed by atoms with Gasteiger partial charge in [-0.25, -0.2) is 8.42 Å². The van der Waals surface area contributed by atoms with Gasteiger partial charge < -0.3 is 5.32 Å². The first-order chi connectivity index (χ1) is 9.47. The van der Waals surface area contributed by atoms with Crippen molar-refractivity contribution in [2.45, 2.75) is 43.5 Å². The van der Waals surface area contributed by atoms with Gasteiger partial charge in [0.25, 0.3) is 0 Å². The van der Waals surface area contributed by atoms with Gasteiger partial charge in [-0.15, -0.1) is 0 Å². The quantitative estimate of drug-likeness (QED) is 0.927. The number of rotatable bonds is 4. The monoisotopic (exact) mass is 295 g/mol. The summed E-state index contributed by atoms with van der Waals surface area (Å²) >= 11 is 0. The Kier molecular flexibility index (Phi) is 4.81. The third-order valence-electron chi connectivity index (χ3n) is 3.79. The summed E-state index contributed by atoms with van der Waals surface area (Å²) < 4.78 is 22.7. The van der Waals surface area contributed by atoms with Gasteiger partial charge in [0.05, 0.1) is 4.90 Å². The van der Waals surface area contributed by atoms with Crippen molar-refractivity contribution >= 4 is 15.7 Å². The summed E-state index contributed by atoms with van der Waals surface area (Å²) in [5, 5.41) is 2.94. The lowest BCUT2D eigenvalue weighted by molar-refractivity contribution is -0.126. The molecule has 5 heteroatoms. The van der Waals surface area contributed by atoms with Crippen molar-refractivity contribution in [3.8, 4) is 0 Å². The van der Waals surface area contributed by atoms with E-state index < -0.39 is 9.84 Å². The molecule has 0 radical (unpaired) electrons. The van der Waals surface area contributed by atoms with Crippen molar-refractivity contribution in [1.29, 1.82) is 0 Å². The molecule has 110 valence electrons. The molecule has 1 aromatic carbocycles. The van der Waals surface area contributed by atoms with Crippen LogP contribution in [0.15, 0.2) is 29.2 Å². The van der Waals surface area contributed by atoms with Crippen LogP contribution < -0.4 is 5.32 Å². The van der Waals surface area contributed by atoms with Gasteiger partial charge >= 0.3 is 0 Å². The first kappa shape index (κ1) is 15.0. The average molecular weight is 295 g/mol. The van der Waals surface area contributed by atoms with Gasteiger partial charge in [0.1, 0.15) is 0 Å². The number of sulfone groups is 1. The SMILES string of the molecule is CS(=O)(=O)c1ccc(CNC(=O)C2CCCCC2)cc1. The fourth-order valence-corrected chi connectivity index (χ4v) is 3.18. The Morgan fingerprint density at radius 1 is 1.15 bits per heavy atom. The van der Waals surface area contributed by atoms with E-state index in [-0.39, 0.29) is 11.8 Å². The summed E-state index contributed by atoms with van der Waals surface area (Å²) in [4.78, 5) is 12.3.